The van der Waals surface area contributed by atoms with Gasteiger partial charge >= 0.3 is 5.69 Å². The van der Waals surface area contributed by atoms with Gasteiger partial charge in [0.2, 0.25) is 0 Å². The quantitative estimate of drug-likeness (QED) is 0.279. The number of nitro groups is 1. The highest BCUT2D eigenvalue weighted by Gasteiger charge is 2.17. The molecule has 0 unspecified atom stereocenters. The minimum atomic E-state index is -0.421. The van der Waals surface area contributed by atoms with Crippen LogP contribution in [0.15, 0.2) is 48.4 Å². The number of benzene rings is 1. The fraction of sp³-hybridized carbons (Fsp3) is 0.0526. The number of halogens is 2. The number of H-pyrrole nitrogens is 1. The molecule has 0 saturated carbocycles. The molecule has 30 heavy (non-hydrogen) atoms. The van der Waals surface area contributed by atoms with Crippen molar-refractivity contribution in [3.63, 3.8) is 0 Å². The van der Waals surface area contributed by atoms with Crippen LogP contribution in [0.5, 0.6) is 0 Å². The van der Waals surface area contributed by atoms with Gasteiger partial charge in [0.1, 0.15) is 5.82 Å². The maximum absolute atomic E-state index is 11.0. The van der Waals surface area contributed by atoms with Crippen molar-refractivity contribution in [3.05, 3.63) is 80.8 Å². The molecule has 151 valence electrons. The molecule has 4 aromatic rings. The molecule has 11 heteroatoms. The molecule has 0 aliphatic rings. The Balaban J connectivity index is 1.62. The van der Waals surface area contributed by atoms with Gasteiger partial charge in [-0.2, -0.15) is 0 Å². The second-order valence-corrected chi connectivity index (χ2v) is 7.82. The topological polar surface area (TPSA) is 110 Å². The maximum Gasteiger partial charge on any atom is 0.303 e. The number of rotatable bonds is 7. The molecule has 0 fully saturated rings. The average Bonchev–Trinajstić information content (AvgIpc) is 3.40. The van der Waals surface area contributed by atoms with Gasteiger partial charge in [-0.1, -0.05) is 23.2 Å². The summed E-state index contributed by atoms with van der Waals surface area (Å²) in [5, 5.41) is 17.2. The van der Waals surface area contributed by atoms with E-state index < -0.39 is 4.92 Å². The Morgan fingerprint density at radius 1 is 1.23 bits per heavy atom. The van der Waals surface area contributed by atoms with Crippen LogP contribution in [0.25, 0.3) is 22.5 Å². The Labute approximate surface area is 185 Å². The van der Waals surface area contributed by atoms with E-state index in [0.717, 1.165) is 11.3 Å². The van der Waals surface area contributed by atoms with Crippen LogP contribution < -0.4 is 5.32 Å². The van der Waals surface area contributed by atoms with Crippen LogP contribution >= 0.6 is 34.5 Å². The van der Waals surface area contributed by atoms with Crippen molar-refractivity contribution >= 4 is 45.2 Å². The summed E-state index contributed by atoms with van der Waals surface area (Å²) in [4.78, 5) is 26.8. The molecular weight excluding hydrogens is 447 g/mol. The Bertz CT molecular complexity index is 1200. The lowest BCUT2D eigenvalue weighted by Gasteiger charge is -2.11. The number of aromatic nitrogens is 4. The van der Waals surface area contributed by atoms with Crippen molar-refractivity contribution in [2.24, 2.45) is 0 Å². The molecule has 0 amide bonds. The van der Waals surface area contributed by atoms with E-state index in [4.69, 9.17) is 23.2 Å². The summed E-state index contributed by atoms with van der Waals surface area (Å²) in [5.74, 6) is 0.450. The molecule has 0 bridgehead atoms. The Hall–Kier alpha value is -3.01. The van der Waals surface area contributed by atoms with Gasteiger partial charge in [0.15, 0.2) is 5.00 Å². The zero-order valence-corrected chi connectivity index (χ0v) is 17.5. The first kappa shape index (κ1) is 20.3. The highest BCUT2D eigenvalue weighted by Crippen LogP contribution is 2.35. The van der Waals surface area contributed by atoms with Gasteiger partial charge in [-0.25, -0.2) is 15.0 Å². The third-order valence-corrected chi connectivity index (χ3v) is 5.58. The molecule has 2 N–H and O–H groups in total. The molecule has 0 spiro atoms. The number of hydrogen-bond donors (Lipinski definition) is 2. The molecule has 4 rings (SSSR count). The monoisotopic (exact) mass is 459 g/mol. The van der Waals surface area contributed by atoms with E-state index in [2.05, 4.69) is 25.3 Å². The average molecular weight is 460 g/mol. The highest BCUT2D eigenvalue weighted by molar-refractivity contribution is 7.14. The van der Waals surface area contributed by atoms with Crippen molar-refractivity contribution in [2.75, 3.05) is 11.9 Å². The summed E-state index contributed by atoms with van der Waals surface area (Å²) >= 11 is 13.7. The van der Waals surface area contributed by atoms with Crippen LogP contribution in [0.3, 0.4) is 0 Å². The van der Waals surface area contributed by atoms with Crippen molar-refractivity contribution in [1.82, 2.24) is 19.9 Å². The van der Waals surface area contributed by atoms with Gasteiger partial charge in [0, 0.05) is 41.4 Å². The molecule has 0 aliphatic carbocycles. The van der Waals surface area contributed by atoms with Gasteiger partial charge in [-0.3, -0.25) is 10.1 Å². The molecular formula is C19H13Cl2N6O2S. The molecule has 0 aliphatic heterocycles. The third-order valence-electron chi connectivity index (χ3n) is 4.17. The van der Waals surface area contributed by atoms with Crippen molar-refractivity contribution < 1.29 is 4.92 Å². The molecule has 3 aromatic heterocycles. The summed E-state index contributed by atoms with van der Waals surface area (Å²) in [6, 6.07) is 6.65. The summed E-state index contributed by atoms with van der Waals surface area (Å²) in [7, 11) is 0. The molecule has 0 atom stereocenters. The van der Waals surface area contributed by atoms with Crippen molar-refractivity contribution in [3.8, 4) is 22.5 Å². The minimum Gasteiger partial charge on any atom is -0.371 e. The van der Waals surface area contributed by atoms with Crippen LogP contribution in [0.1, 0.15) is 5.82 Å². The second kappa shape index (κ2) is 8.78. The number of nitrogens with one attached hydrogen (secondary N) is 2. The number of anilines is 1. The first-order valence-electron chi connectivity index (χ1n) is 8.63. The van der Waals surface area contributed by atoms with Crippen LogP contribution in [-0.4, -0.2) is 31.4 Å². The molecule has 3 heterocycles. The Kier molecular flexibility index (Phi) is 5.93. The number of hydrogen-bond acceptors (Lipinski definition) is 7. The first-order chi connectivity index (χ1) is 14.5. The van der Waals surface area contributed by atoms with Gasteiger partial charge in [-0.15, -0.1) is 11.3 Å². The van der Waals surface area contributed by atoms with E-state index in [9.17, 15) is 10.1 Å². The molecule has 8 nitrogen and oxygen atoms in total. The van der Waals surface area contributed by atoms with E-state index in [1.165, 1.54) is 17.4 Å². The smallest absolute Gasteiger partial charge is 0.303 e. The van der Waals surface area contributed by atoms with E-state index in [1.54, 1.807) is 48.7 Å². The van der Waals surface area contributed by atoms with E-state index >= 15 is 0 Å². The second-order valence-electron chi connectivity index (χ2n) is 6.06. The zero-order valence-electron chi connectivity index (χ0n) is 15.2. The van der Waals surface area contributed by atoms with Crippen molar-refractivity contribution in [1.29, 1.82) is 0 Å². The minimum absolute atomic E-state index is 0.0394. The SMILES string of the molecule is O=[N+]([O-])c1ccsc1NC[CH]c1ncc(-c2cnc[nH]2)c(-c2ccc(Cl)cc2Cl)n1. The van der Waals surface area contributed by atoms with Crippen LogP contribution in [0, 0.1) is 16.5 Å². The van der Waals surface area contributed by atoms with Gasteiger partial charge in [0.05, 0.1) is 33.9 Å². The normalized spacial score (nSPS) is 10.9. The molecule has 0 saturated heterocycles. The summed E-state index contributed by atoms with van der Waals surface area (Å²) in [6.07, 6.45) is 6.67. The van der Waals surface area contributed by atoms with Crippen molar-refractivity contribution in [2.45, 2.75) is 0 Å². The van der Waals surface area contributed by atoms with E-state index in [-0.39, 0.29) is 5.69 Å². The number of nitrogens with zero attached hydrogens (tertiary/aromatic N) is 4. The Morgan fingerprint density at radius 3 is 2.83 bits per heavy atom. The summed E-state index contributed by atoms with van der Waals surface area (Å²) < 4.78 is 0. The van der Waals surface area contributed by atoms with Gasteiger partial charge < -0.3 is 10.3 Å². The van der Waals surface area contributed by atoms with E-state index in [0.29, 0.717) is 38.7 Å². The fourth-order valence-corrected chi connectivity index (χ4v) is 4.06. The number of imidazole rings is 1. The third kappa shape index (κ3) is 4.28. The number of aromatic amines is 1. The lowest BCUT2D eigenvalue weighted by molar-refractivity contribution is -0.383. The van der Waals surface area contributed by atoms with Crippen LogP contribution in [0.4, 0.5) is 10.7 Å². The van der Waals surface area contributed by atoms with Crippen LogP contribution in [0.2, 0.25) is 10.0 Å². The van der Waals surface area contributed by atoms with E-state index in [1.807, 2.05) is 0 Å². The highest BCUT2D eigenvalue weighted by atomic mass is 35.5. The zero-order chi connectivity index (χ0) is 21.1. The maximum atomic E-state index is 11.0. The first-order valence-corrected chi connectivity index (χ1v) is 10.3. The van der Waals surface area contributed by atoms with Gasteiger partial charge in [-0.05, 0) is 23.6 Å². The summed E-state index contributed by atoms with van der Waals surface area (Å²) in [6.45, 7) is 0.318. The Morgan fingerprint density at radius 2 is 2.10 bits per heavy atom. The molecule has 1 radical (unpaired) electrons. The largest absolute Gasteiger partial charge is 0.371 e. The molecule has 1 aromatic carbocycles. The number of thiophene rings is 1. The predicted octanol–water partition coefficient (Wildman–Crippen LogP) is 5.47. The summed E-state index contributed by atoms with van der Waals surface area (Å²) in [5.41, 5.74) is 2.83. The standard InChI is InChI=1S/C19H13Cl2N6O2S/c20-11-1-2-12(14(21)7-11)18-13(15-9-22-10-25-15)8-24-17(26-18)3-5-23-19-16(27(28)29)4-6-30-19/h1-4,6-10,23H,5H2,(H,22,25). The van der Waals surface area contributed by atoms with Gasteiger partial charge in [0.25, 0.3) is 0 Å². The predicted molar refractivity (Wildman–Crippen MR) is 118 cm³/mol. The lowest BCUT2D eigenvalue weighted by Crippen LogP contribution is -2.07. The van der Waals surface area contributed by atoms with Crippen LogP contribution in [-0.2, 0) is 0 Å². The lowest BCUT2D eigenvalue weighted by atomic mass is 10.0. The fourth-order valence-electron chi connectivity index (χ4n) is 2.79.